The topological polar surface area (TPSA) is 9.23 Å². The average molecular weight is 150 g/mol. The molecule has 0 aliphatic carbocycles. The molecule has 60 valence electrons. The molecule has 1 rings (SSSR count). The molecule has 1 fully saturated rings. The third-order valence-corrected chi connectivity index (χ3v) is 1.97. The molecule has 1 nitrogen and oxygen atoms in total. The van der Waals surface area contributed by atoms with Crippen LogP contribution in [-0.2, 0) is 4.74 Å². The molecule has 10 heavy (non-hydrogen) atoms. The summed E-state index contributed by atoms with van der Waals surface area (Å²) in [4.78, 5) is 0. The fourth-order valence-corrected chi connectivity index (χ4v) is 1.13. The number of alkyl halides is 2. The number of ether oxygens (including phenoxy) is 1. The van der Waals surface area contributed by atoms with E-state index < -0.39 is 18.4 Å². The zero-order valence-electron chi connectivity index (χ0n) is 6.23. The Bertz CT molecular complexity index is 125. The van der Waals surface area contributed by atoms with Crippen molar-refractivity contribution in [3.05, 3.63) is 0 Å². The highest BCUT2D eigenvalue weighted by Crippen LogP contribution is 2.33. The van der Waals surface area contributed by atoms with Crippen LogP contribution in [0.2, 0.25) is 0 Å². The SMILES string of the molecule is C[C@@H]1C[C@H](C)C(F)(F)CO1. The lowest BCUT2D eigenvalue weighted by atomic mass is 9.95. The van der Waals surface area contributed by atoms with Crippen molar-refractivity contribution in [1.29, 1.82) is 0 Å². The Morgan fingerprint density at radius 3 is 2.40 bits per heavy atom. The van der Waals surface area contributed by atoms with E-state index in [-0.39, 0.29) is 6.10 Å². The Labute approximate surface area is 59.4 Å². The summed E-state index contributed by atoms with van der Waals surface area (Å²) < 4.78 is 30.1. The van der Waals surface area contributed by atoms with Gasteiger partial charge in [-0.2, -0.15) is 0 Å². The van der Waals surface area contributed by atoms with Crippen molar-refractivity contribution >= 4 is 0 Å². The van der Waals surface area contributed by atoms with E-state index in [1.54, 1.807) is 6.92 Å². The fraction of sp³-hybridized carbons (Fsp3) is 1.00. The second-order valence-electron chi connectivity index (χ2n) is 3.02. The highest BCUT2D eigenvalue weighted by molar-refractivity contribution is 4.79. The van der Waals surface area contributed by atoms with E-state index in [1.165, 1.54) is 0 Å². The first kappa shape index (κ1) is 7.92. The molecule has 3 heteroatoms. The first-order valence-corrected chi connectivity index (χ1v) is 3.52. The maximum absolute atomic E-state index is 12.6. The molecule has 2 atom stereocenters. The maximum atomic E-state index is 12.6. The Morgan fingerprint density at radius 1 is 1.40 bits per heavy atom. The van der Waals surface area contributed by atoms with E-state index in [4.69, 9.17) is 4.74 Å². The van der Waals surface area contributed by atoms with Crippen molar-refractivity contribution in [1.82, 2.24) is 0 Å². The van der Waals surface area contributed by atoms with Gasteiger partial charge in [-0.1, -0.05) is 6.92 Å². The molecule has 1 aliphatic rings. The molecule has 0 aromatic carbocycles. The van der Waals surface area contributed by atoms with Crippen LogP contribution in [0.4, 0.5) is 8.78 Å². The van der Waals surface area contributed by atoms with Crippen molar-refractivity contribution < 1.29 is 13.5 Å². The molecule has 0 spiro atoms. The van der Waals surface area contributed by atoms with Gasteiger partial charge in [0.2, 0.25) is 0 Å². The monoisotopic (exact) mass is 150 g/mol. The summed E-state index contributed by atoms with van der Waals surface area (Å²) in [5, 5.41) is 0. The van der Waals surface area contributed by atoms with Crippen LogP contribution in [0.25, 0.3) is 0 Å². The van der Waals surface area contributed by atoms with E-state index in [2.05, 4.69) is 0 Å². The minimum atomic E-state index is -2.60. The minimum Gasteiger partial charge on any atom is -0.372 e. The summed E-state index contributed by atoms with van der Waals surface area (Å²) in [6.45, 7) is 2.99. The molecular weight excluding hydrogens is 138 g/mol. The molecule has 1 heterocycles. The number of rotatable bonds is 0. The van der Waals surface area contributed by atoms with Gasteiger partial charge >= 0.3 is 0 Å². The molecule has 0 aromatic heterocycles. The highest BCUT2D eigenvalue weighted by atomic mass is 19.3. The Balaban J connectivity index is 2.52. The standard InChI is InChI=1S/C7H12F2O/c1-5-3-6(2)10-4-7(5,8)9/h5-6H,3-4H2,1-2H3/t5-,6+/m0/s1. The first-order chi connectivity index (χ1) is 4.52. The van der Waals surface area contributed by atoms with Crippen LogP contribution in [0.15, 0.2) is 0 Å². The van der Waals surface area contributed by atoms with E-state index >= 15 is 0 Å². The molecule has 1 aliphatic heterocycles. The van der Waals surface area contributed by atoms with E-state index in [0.29, 0.717) is 6.42 Å². The average Bonchev–Trinajstić information content (AvgIpc) is 1.81. The third-order valence-electron chi connectivity index (χ3n) is 1.97. The highest BCUT2D eigenvalue weighted by Gasteiger charge is 2.41. The normalized spacial score (nSPS) is 39.6. The van der Waals surface area contributed by atoms with Crippen molar-refractivity contribution in [3.63, 3.8) is 0 Å². The van der Waals surface area contributed by atoms with E-state index in [9.17, 15) is 8.78 Å². The van der Waals surface area contributed by atoms with Gasteiger partial charge in [0.25, 0.3) is 5.92 Å². The molecule has 0 aromatic rings. The molecule has 0 saturated carbocycles. The van der Waals surface area contributed by atoms with Crippen molar-refractivity contribution in [2.45, 2.75) is 32.3 Å². The summed E-state index contributed by atoms with van der Waals surface area (Å²) in [7, 11) is 0. The summed E-state index contributed by atoms with van der Waals surface area (Å²) in [5.41, 5.74) is 0. The fourth-order valence-electron chi connectivity index (χ4n) is 1.13. The van der Waals surface area contributed by atoms with Gasteiger partial charge in [0.1, 0.15) is 6.61 Å². The van der Waals surface area contributed by atoms with Crippen LogP contribution in [0, 0.1) is 5.92 Å². The predicted molar refractivity (Wildman–Crippen MR) is 34.1 cm³/mol. The quantitative estimate of drug-likeness (QED) is 0.513. The molecule has 0 amide bonds. The van der Waals surface area contributed by atoms with Crippen LogP contribution in [0.3, 0.4) is 0 Å². The lowest BCUT2D eigenvalue weighted by Gasteiger charge is -2.32. The van der Waals surface area contributed by atoms with Gasteiger partial charge in [-0.15, -0.1) is 0 Å². The van der Waals surface area contributed by atoms with Gasteiger partial charge in [0.05, 0.1) is 6.10 Å². The van der Waals surface area contributed by atoms with Gasteiger partial charge in [0.15, 0.2) is 0 Å². The van der Waals surface area contributed by atoms with Crippen LogP contribution in [-0.4, -0.2) is 18.6 Å². The Hall–Kier alpha value is -0.180. The van der Waals surface area contributed by atoms with Gasteiger partial charge < -0.3 is 4.74 Å². The van der Waals surface area contributed by atoms with Crippen LogP contribution < -0.4 is 0 Å². The Morgan fingerprint density at radius 2 is 2.00 bits per heavy atom. The van der Waals surface area contributed by atoms with Crippen LogP contribution in [0.5, 0.6) is 0 Å². The second-order valence-corrected chi connectivity index (χ2v) is 3.02. The first-order valence-electron chi connectivity index (χ1n) is 3.52. The van der Waals surface area contributed by atoms with Gasteiger partial charge in [-0.25, -0.2) is 8.78 Å². The zero-order chi connectivity index (χ0) is 7.78. The molecule has 0 N–H and O–H groups in total. The van der Waals surface area contributed by atoms with Crippen molar-refractivity contribution in [2.75, 3.05) is 6.61 Å². The lowest BCUT2D eigenvalue weighted by molar-refractivity contribution is -0.171. The zero-order valence-corrected chi connectivity index (χ0v) is 6.23. The third kappa shape index (κ3) is 1.45. The maximum Gasteiger partial charge on any atom is 0.273 e. The summed E-state index contributed by atoms with van der Waals surface area (Å²) in [6, 6.07) is 0. The van der Waals surface area contributed by atoms with E-state index in [0.717, 1.165) is 0 Å². The largest absolute Gasteiger partial charge is 0.372 e. The van der Waals surface area contributed by atoms with Crippen LogP contribution >= 0.6 is 0 Å². The lowest BCUT2D eigenvalue weighted by Crippen LogP contribution is -2.40. The van der Waals surface area contributed by atoms with Gasteiger partial charge in [0, 0.05) is 5.92 Å². The van der Waals surface area contributed by atoms with Crippen LogP contribution in [0.1, 0.15) is 20.3 Å². The summed E-state index contributed by atoms with van der Waals surface area (Å²) >= 11 is 0. The van der Waals surface area contributed by atoms with Gasteiger partial charge in [-0.3, -0.25) is 0 Å². The van der Waals surface area contributed by atoms with Crippen molar-refractivity contribution in [3.8, 4) is 0 Å². The summed E-state index contributed by atoms with van der Waals surface area (Å²) in [6.07, 6.45) is 0.460. The molecule has 0 radical (unpaired) electrons. The Kier molecular flexibility index (Phi) is 1.95. The van der Waals surface area contributed by atoms with E-state index in [1.807, 2.05) is 6.92 Å². The summed E-state index contributed by atoms with van der Waals surface area (Å²) in [5.74, 6) is -3.14. The molecule has 0 bridgehead atoms. The number of hydrogen-bond acceptors (Lipinski definition) is 1. The molecular formula is C7H12F2O. The number of hydrogen-bond donors (Lipinski definition) is 0. The van der Waals surface area contributed by atoms with Crippen molar-refractivity contribution in [2.24, 2.45) is 5.92 Å². The predicted octanol–water partition coefficient (Wildman–Crippen LogP) is 2.07. The van der Waals surface area contributed by atoms with Gasteiger partial charge in [-0.05, 0) is 13.3 Å². The number of halogens is 2. The second kappa shape index (κ2) is 2.46. The minimum absolute atomic E-state index is 0.00498. The molecule has 0 unspecified atom stereocenters. The smallest absolute Gasteiger partial charge is 0.273 e. The molecule has 1 saturated heterocycles.